The molecule has 1 aromatic carbocycles. The molecule has 162 valence electrons. The van der Waals surface area contributed by atoms with E-state index in [2.05, 4.69) is 25.8 Å². The molecule has 0 radical (unpaired) electrons. The Morgan fingerprint density at radius 2 is 1.97 bits per heavy atom. The van der Waals surface area contributed by atoms with Gasteiger partial charge < -0.3 is 20.7 Å². The predicted molar refractivity (Wildman–Crippen MR) is 114 cm³/mol. The molecule has 1 aliphatic rings. The lowest BCUT2D eigenvalue weighted by atomic mass is 10.1. The number of amides is 2. The number of carbonyl (C=O) groups excluding carboxylic acids is 3. The number of methoxy groups -OCH3 is 1. The van der Waals surface area contributed by atoms with Gasteiger partial charge in [0.25, 0.3) is 11.8 Å². The van der Waals surface area contributed by atoms with Gasteiger partial charge in [-0.1, -0.05) is 0 Å². The molecular formula is C20H26ClN5O4. The molecule has 0 aliphatic carbocycles. The molecule has 0 bridgehead atoms. The summed E-state index contributed by atoms with van der Waals surface area (Å²) in [4.78, 5) is 35.6. The number of hydrogen-bond donors (Lipinski definition) is 3. The number of benzene rings is 1. The Labute approximate surface area is 181 Å². The van der Waals surface area contributed by atoms with Gasteiger partial charge in [-0.2, -0.15) is 5.10 Å². The summed E-state index contributed by atoms with van der Waals surface area (Å²) in [7, 11) is 1.30. The highest BCUT2D eigenvalue weighted by Crippen LogP contribution is 2.16. The summed E-state index contributed by atoms with van der Waals surface area (Å²) in [6.07, 6.45) is 4.07. The standard InChI is InChI=1S/C20H25N5O4.ClH/c1-29-18(26)8-11-22-19(27)14-4-6-15(7-5-14)23-20(28)17-9-12-25(24-17)16-3-2-10-21-13-16;/h4-7,9,12,16,21H,2-3,8,10-11,13H2,1H3,(H,22,27)(H,23,28);1H. The molecule has 9 nitrogen and oxygen atoms in total. The van der Waals surface area contributed by atoms with Crippen molar-refractivity contribution in [2.45, 2.75) is 25.3 Å². The van der Waals surface area contributed by atoms with Gasteiger partial charge in [-0.25, -0.2) is 0 Å². The largest absolute Gasteiger partial charge is 0.469 e. The second-order valence-electron chi connectivity index (χ2n) is 6.79. The number of nitrogens with one attached hydrogen (secondary N) is 3. The fourth-order valence-electron chi connectivity index (χ4n) is 3.10. The first-order valence-corrected chi connectivity index (χ1v) is 9.59. The first-order chi connectivity index (χ1) is 14.1. The highest BCUT2D eigenvalue weighted by molar-refractivity contribution is 6.03. The van der Waals surface area contributed by atoms with Crippen molar-refractivity contribution < 1.29 is 19.1 Å². The van der Waals surface area contributed by atoms with Gasteiger partial charge in [-0.15, -0.1) is 12.4 Å². The third-order valence-corrected chi connectivity index (χ3v) is 4.73. The molecule has 30 heavy (non-hydrogen) atoms. The lowest BCUT2D eigenvalue weighted by molar-refractivity contribution is -0.140. The van der Waals surface area contributed by atoms with Crippen molar-refractivity contribution in [3.63, 3.8) is 0 Å². The monoisotopic (exact) mass is 435 g/mol. The van der Waals surface area contributed by atoms with Crippen molar-refractivity contribution in [3.05, 3.63) is 47.8 Å². The summed E-state index contributed by atoms with van der Waals surface area (Å²) in [5.74, 6) is -0.986. The van der Waals surface area contributed by atoms with Crippen LogP contribution < -0.4 is 16.0 Å². The van der Waals surface area contributed by atoms with Crippen LogP contribution in [-0.2, 0) is 9.53 Å². The van der Waals surface area contributed by atoms with Crippen molar-refractivity contribution in [2.75, 3.05) is 32.1 Å². The summed E-state index contributed by atoms with van der Waals surface area (Å²) >= 11 is 0. The SMILES string of the molecule is COC(=O)CCNC(=O)c1ccc(NC(=O)c2ccn(C3CCCNC3)n2)cc1.Cl. The quantitative estimate of drug-likeness (QED) is 0.571. The smallest absolute Gasteiger partial charge is 0.307 e. The van der Waals surface area contributed by atoms with E-state index in [1.54, 1.807) is 30.3 Å². The van der Waals surface area contributed by atoms with E-state index in [-0.39, 0.29) is 49.2 Å². The van der Waals surface area contributed by atoms with Gasteiger partial charge in [0.2, 0.25) is 0 Å². The van der Waals surface area contributed by atoms with E-state index < -0.39 is 0 Å². The molecular weight excluding hydrogens is 410 g/mol. The molecule has 2 heterocycles. The number of aromatic nitrogens is 2. The summed E-state index contributed by atoms with van der Waals surface area (Å²) in [6, 6.07) is 8.48. The van der Waals surface area contributed by atoms with E-state index in [0.717, 1.165) is 25.9 Å². The van der Waals surface area contributed by atoms with Crippen LogP contribution in [0.25, 0.3) is 0 Å². The van der Waals surface area contributed by atoms with E-state index in [1.807, 2.05) is 10.9 Å². The minimum absolute atomic E-state index is 0. The van der Waals surface area contributed by atoms with Crippen LogP contribution in [0.15, 0.2) is 36.5 Å². The van der Waals surface area contributed by atoms with E-state index in [1.165, 1.54) is 7.11 Å². The van der Waals surface area contributed by atoms with Crippen LogP contribution in [0, 0.1) is 0 Å². The van der Waals surface area contributed by atoms with Crippen molar-refractivity contribution in [1.82, 2.24) is 20.4 Å². The Hall–Kier alpha value is -2.91. The maximum Gasteiger partial charge on any atom is 0.307 e. The average molecular weight is 436 g/mol. The zero-order chi connectivity index (χ0) is 20.6. The van der Waals surface area contributed by atoms with E-state index in [0.29, 0.717) is 16.9 Å². The maximum atomic E-state index is 12.4. The van der Waals surface area contributed by atoms with E-state index in [4.69, 9.17) is 0 Å². The number of esters is 1. The number of carbonyl (C=O) groups is 3. The number of ether oxygens (including phenoxy) is 1. The number of rotatable bonds is 7. The zero-order valence-electron chi connectivity index (χ0n) is 16.7. The minimum Gasteiger partial charge on any atom is -0.469 e. The Morgan fingerprint density at radius 3 is 2.63 bits per heavy atom. The van der Waals surface area contributed by atoms with Gasteiger partial charge in [-0.05, 0) is 49.7 Å². The summed E-state index contributed by atoms with van der Waals surface area (Å²) < 4.78 is 6.36. The van der Waals surface area contributed by atoms with Crippen molar-refractivity contribution in [3.8, 4) is 0 Å². The molecule has 10 heteroatoms. The van der Waals surface area contributed by atoms with Crippen LogP contribution in [0.5, 0.6) is 0 Å². The predicted octanol–water partition coefficient (Wildman–Crippen LogP) is 1.77. The summed E-state index contributed by atoms with van der Waals surface area (Å²) in [5, 5.41) is 13.1. The number of hydrogen-bond acceptors (Lipinski definition) is 6. The Morgan fingerprint density at radius 1 is 1.20 bits per heavy atom. The van der Waals surface area contributed by atoms with Gasteiger partial charge in [-0.3, -0.25) is 19.1 Å². The van der Waals surface area contributed by atoms with Gasteiger partial charge in [0.1, 0.15) is 0 Å². The highest BCUT2D eigenvalue weighted by atomic mass is 35.5. The fraction of sp³-hybridized carbons (Fsp3) is 0.400. The number of piperidine rings is 1. The molecule has 3 rings (SSSR count). The molecule has 1 saturated heterocycles. The molecule has 2 aromatic rings. The molecule has 0 spiro atoms. The normalized spacial score (nSPS) is 15.6. The molecule has 3 N–H and O–H groups in total. The summed E-state index contributed by atoms with van der Waals surface area (Å²) in [5.41, 5.74) is 1.34. The minimum atomic E-state index is -0.384. The van der Waals surface area contributed by atoms with Gasteiger partial charge in [0, 0.05) is 30.5 Å². The first-order valence-electron chi connectivity index (χ1n) is 9.59. The van der Waals surface area contributed by atoms with Crippen LogP contribution in [0.1, 0.15) is 46.2 Å². The second kappa shape index (κ2) is 11.3. The lowest BCUT2D eigenvalue weighted by Gasteiger charge is -2.22. The van der Waals surface area contributed by atoms with Crippen LogP contribution in [0.4, 0.5) is 5.69 Å². The highest BCUT2D eigenvalue weighted by Gasteiger charge is 2.18. The molecule has 1 unspecified atom stereocenters. The fourth-order valence-corrected chi connectivity index (χ4v) is 3.10. The maximum absolute atomic E-state index is 12.4. The summed E-state index contributed by atoms with van der Waals surface area (Å²) in [6.45, 7) is 2.07. The van der Waals surface area contributed by atoms with Crippen LogP contribution >= 0.6 is 12.4 Å². The van der Waals surface area contributed by atoms with Gasteiger partial charge >= 0.3 is 5.97 Å². The molecule has 1 aliphatic heterocycles. The van der Waals surface area contributed by atoms with Gasteiger partial charge in [0.15, 0.2) is 5.69 Å². The third kappa shape index (κ3) is 6.30. The van der Waals surface area contributed by atoms with Gasteiger partial charge in [0.05, 0.1) is 19.6 Å². The second-order valence-corrected chi connectivity index (χ2v) is 6.79. The lowest BCUT2D eigenvalue weighted by Crippen LogP contribution is -2.32. The molecule has 1 atom stereocenters. The molecule has 0 saturated carbocycles. The third-order valence-electron chi connectivity index (χ3n) is 4.73. The topological polar surface area (TPSA) is 114 Å². The Balaban J connectivity index is 0.00000320. The van der Waals surface area contributed by atoms with Crippen LogP contribution in [-0.4, -0.2) is 54.3 Å². The van der Waals surface area contributed by atoms with Crippen molar-refractivity contribution in [2.24, 2.45) is 0 Å². The first kappa shape index (κ1) is 23.4. The molecule has 1 fully saturated rings. The average Bonchev–Trinajstić information content (AvgIpc) is 3.25. The Bertz CT molecular complexity index is 862. The number of halogens is 1. The van der Waals surface area contributed by atoms with Crippen LogP contribution in [0.3, 0.4) is 0 Å². The molecule has 1 aromatic heterocycles. The van der Waals surface area contributed by atoms with E-state index >= 15 is 0 Å². The molecule has 2 amide bonds. The number of anilines is 1. The number of nitrogens with zero attached hydrogens (tertiary/aromatic N) is 2. The van der Waals surface area contributed by atoms with Crippen LogP contribution in [0.2, 0.25) is 0 Å². The van der Waals surface area contributed by atoms with E-state index in [9.17, 15) is 14.4 Å². The zero-order valence-corrected chi connectivity index (χ0v) is 17.5. The Kier molecular flexibility index (Phi) is 8.82. The van der Waals surface area contributed by atoms with Crippen molar-refractivity contribution in [1.29, 1.82) is 0 Å². The van der Waals surface area contributed by atoms with Crippen molar-refractivity contribution >= 4 is 35.9 Å².